The van der Waals surface area contributed by atoms with Gasteiger partial charge in [0, 0.05) is 50.0 Å². The zero-order valence-corrected chi connectivity index (χ0v) is 19.1. The Bertz CT molecular complexity index is 1160. The Kier molecular flexibility index (Phi) is 6.48. The lowest BCUT2D eigenvalue weighted by molar-refractivity contribution is -0.122. The second-order valence-corrected chi connectivity index (χ2v) is 10.2. The molecule has 2 N–H and O–H groups in total. The number of anilines is 3. The fourth-order valence-corrected chi connectivity index (χ4v) is 5.61. The van der Waals surface area contributed by atoms with Crippen LogP contribution in [0.5, 0.6) is 0 Å². The van der Waals surface area contributed by atoms with Crippen molar-refractivity contribution >= 4 is 44.8 Å². The number of nitrogens with zero attached hydrogens (tertiary/aromatic N) is 2. The number of hydrogen-bond donors (Lipinski definition) is 2. The van der Waals surface area contributed by atoms with Crippen molar-refractivity contribution in [3.05, 3.63) is 48.5 Å². The monoisotopic (exact) mass is 470 g/mol. The molecular formula is C23H26N4O5S. The van der Waals surface area contributed by atoms with Crippen molar-refractivity contribution in [3.8, 4) is 0 Å². The lowest BCUT2D eigenvalue weighted by atomic mass is 10.1. The molecule has 0 aromatic heterocycles. The van der Waals surface area contributed by atoms with Gasteiger partial charge in [0.25, 0.3) is 0 Å². The zero-order chi connectivity index (χ0) is 23.6. The molecule has 9 nitrogen and oxygen atoms in total. The molecule has 4 rings (SSSR count). The summed E-state index contributed by atoms with van der Waals surface area (Å²) >= 11 is 0. The normalized spacial score (nSPS) is 19.0. The van der Waals surface area contributed by atoms with E-state index in [1.54, 1.807) is 41.3 Å². The summed E-state index contributed by atoms with van der Waals surface area (Å²) in [6.07, 6.45) is 1.81. The third-order valence-electron chi connectivity index (χ3n) is 5.82. The summed E-state index contributed by atoms with van der Waals surface area (Å²) < 4.78 is 26.7. The summed E-state index contributed by atoms with van der Waals surface area (Å²) in [5, 5.41) is 5.45. The minimum Gasteiger partial charge on any atom is -0.326 e. The number of carbonyl (C=O) groups is 3. The Morgan fingerprint density at radius 3 is 2.09 bits per heavy atom. The highest BCUT2D eigenvalue weighted by molar-refractivity contribution is 7.89. The van der Waals surface area contributed by atoms with Gasteiger partial charge in [-0.3, -0.25) is 14.4 Å². The maximum Gasteiger partial charge on any atom is 0.243 e. The van der Waals surface area contributed by atoms with Gasteiger partial charge in [-0.05, 0) is 61.4 Å². The Hall–Kier alpha value is -3.24. The van der Waals surface area contributed by atoms with E-state index < -0.39 is 15.9 Å². The molecule has 0 bridgehead atoms. The van der Waals surface area contributed by atoms with Crippen LogP contribution >= 0.6 is 0 Å². The standard InChI is InChI=1S/C23H26N4O5S/c1-16(28)24-18-4-8-20(9-5-18)27-15-17(14-22(27)29)23(30)25-19-6-10-21(11-7-19)33(31,32)26-12-2-3-13-26/h4-11,17H,2-3,12-15H2,1H3,(H,24,28)(H,25,30). The Balaban J connectivity index is 1.38. The highest BCUT2D eigenvalue weighted by atomic mass is 32.2. The van der Waals surface area contributed by atoms with E-state index >= 15 is 0 Å². The molecule has 2 aliphatic rings. The molecule has 1 unspecified atom stereocenters. The van der Waals surface area contributed by atoms with Crippen molar-refractivity contribution < 1.29 is 22.8 Å². The lowest BCUT2D eigenvalue weighted by Crippen LogP contribution is -2.28. The Morgan fingerprint density at radius 2 is 1.48 bits per heavy atom. The highest BCUT2D eigenvalue weighted by Crippen LogP contribution is 2.28. The van der Waals surface area contributed by atoms with Gasteiger partial charge in [0.15, 0.2) is 0 Å². The first-order valence-corrected chi connectivity index (χ1v) is 12.3. The van der Waals surface area contributed by atoms with Gasteiger partial charge >= 0.3 is 0 Å². The van der Waals surface area contributed by atoms with Crippen LogP contribution in [0, 0.1) is 5.92 Å². The summed E-state index contributed by atoms with van der Waals surface area (Å²) in [4.78, 5) is 38.1. The quantitative estimate of drug-likeness (QED) is 0.673. The number of carbonyl (C=O) groups excluding carboxylic acids is 3. The fourth-order valence-electron chi connectivity index (χ4n) is 4.09. The van der Waals surface area contributed by atoms with Crippen LogP contribution in [0.1, 0.15) is 26.2 Å². The predicted molar refractivity (Wildman–Crippen MR) is 124 cm³/mol. The van der Waals surface area contributed by atoms with Crippen molar-refractivity contribution in [1.29, 1.82) is 0 Å². The summed E-state index contributed by atoms with van der Waals surface area (Å²) in [6, 6.07) is 13.0. The molecule has 0 spiro atoms. The van der Waals surface area contributed by atoms with Crippen LogP contribution in [0.15, 0.2) is 53.4 Å². The molecule has 2 heterocycles. The first-order chi connectivity index (χ1) is 15.7. The number of sulfonamides is 1. The Morgan fingerprint density at radius 1 is 0.909 bits per heavy atom. The first kappa shape index (κ1) is 22.9. The van der Waals surface area contributed by atoms with Gasteiger partial charge < -0.3 is 15.5 Å². The molecule has 0 saturated carbocycles. The molecule has 0 radical (unpaired) electrons. The summed E-state index contributed by atoms with van der Waals surface area (Å²) in [5.41, 5.74) is 1.76. The Labute approximate surface area is 192 Å². The number of nitrogens with one attached hydrogen (secondary N) is 2. The molecule has 2 aliphatic heterocycles. The van der Waals surface area contributed by atoms with Crippen molar-refractivity contribution in [3.63, 3.8) is 0 Å². The average Bonchev–Trinajstić information content (AvgIpc) is 3.45. The van der Waals surface area contributed by atoms with Crippen LogP contribution in [0.2, 0.25) is 0 Å². The van der Waals surface area contributed by atoms with E-state index in [-0.39, 0.29) is 35.6 Å². The third-order valence-corrected chi connectivity index (χ3v) is 7.73. The fraction of sp³-hybridized carbons (Fsp3) is 0.348. The van der Waals surface area contributed by atoms with Gasteiger partial charge in [0.05, 0.1) is 10.8 Å². The van der Waals surface area contributed by atoms with Gasteiger partial charge in [-0.2, -0.15) is 4.31 Å². The van der Waals surface area contributed by atoms with Gasteiger partial charge in [0.1, 0.15) is 0 Å². The number of benzene rings is 2. The molecule has 2 fully saturated rings. The third kappa shape index (κ3) is 5.07. The number of hydrogen-bond acceptors (Lipinski definition) is 5. The minimum absolute atomic E-state index is 0.0840. The van der Waals surface area contributed by atoms with Gasteiger partial charge in [0.2, 0.25) is 27.7 Å². The highest BCUT2D eigenvalue weighted by Gasteiger charge is 2.35. The van der Waals surface area contributed by atoms with E-state index in [0.29, 0.717) is 30.2 Å². The summed E-state index contributed by atoms with van der Waals surface area (Å²) in [7, 11) is -3.51. The van der Waals surface area contributed by atoms with Gasteiger partial charge in [-0.25, -0.2) is 8.42 Å². The van der Waals surface area contributed by atoms with Crippen LogP contribution in [0.3, 0.4) is 0 Å². The second kappa shape index (κ2) is 9.32. The predicted octanol–water partition coefficient (Wildman–Crippen LogP) is 2.42. The summed E-state index contributed by atoms with van der Waals surface area (Å²) in [6.45, 7) is 2.72. The van der Waals surface area contributed by atoms with Crippen LogP contribution < -0.4 is 15.5 Å². The van der Waals surface area contributed by atoms with Crippen molar-refractivity contribution in [1.82, 2.24) is 4.31 Å². The molecule has 3 amide bonds. The van der Waals surface area contributed by atoms with Gasteiger partial charge in [-0.15, -0.1) is 0 Å². The van der Waals surface area contributed by atoms with E-state index in [4.69, 9.17) is 0 Å². The molecule has 174 valence electrons. The van der Waals surface area contributed by atoms with E-state index in [9.17, 15) is 22.8 Å². The van der Waals surface area contributed by atoms with Crippen molar-refractivity contribution in [2.45, 2.75) is 31.1 Å². The molecular weight excluding hydrogens is 444 g/mol. The zero-order valence-electron chi connectivity index (χ0n) is 18.3. The first-order valence-electron chi connectivity index (χ1n) is 10.8. The topological polar surface area (TPSA) is 116 Å². The molecule has 2 saturated heterocycles. The van der Waals surface area contributed by atoms with Crippen LogP contribution in [-0.4, -0.2) is 50.1 Å². The van der Waals surface area contributed by atoms with Crippen molar-refractivity contribution in [2.75, 3.05) is 35.2 Å². The number of rotatable bonds is 6. The molecule has 10 heteroatoms. The van der Waals surface area contributed by atoms with E-state index in [0.717, 1.165) is 12.8 Å². The maximum atomic E-state index is 12.7. The maximum absolute atomic E-state index is 12.7. The van der Waals surface area contributed by atoms with E-state index in [1.165, 1.54) is 23.4 Å². The average molecular weight is 471 g/mol. The molecule has 1 atom stereocenters. The second-order valence-electron chi connectivity index (χ2n) is 8.26. The smallest absolute Gasteiger partial charge is 0.243 e. The minimum atomic E-state index is -3.51. The SMILES string of the molecule is CC(=O)Nc1ccc(N2CC(C(=O)Nc3ccc(S(=O)(=O)N4CCCC4)cc3)CC2=O)cc1. The number of amides is 3. The van der Waals surface area contributed by atoms with Crippen molar-refractivity contribution in [2.24, 2.45) is 5.92 Å². The lowest BCUT2D eigenvalue weighted by Gasteiger charge is -2.17. The largest absolute Gasteiger partial charge is 0.326 e. The van der Waals surface area contributed by atoms with Crippen LogP contribution in [0.4, 0.5) is 17.1 Å². The van der Waals surface area contributed by atoms with Crippen LogP contribution in [0.25, 0.3) is 0 Å². The molecule has 0 aliphatic carbocycles. The summed E-state index contributed by atoms with van der Waals surface area (Å²) in [5.74, 6) is -1.16. The molecule has 2 aromatic carbocycles. The molecule has 2 aromatic rings. The van der Waals surface area contributed by atoms with Crippen LogP contribution in [-0.2, 0) is 24.4 Å². The van der Waals surface area contributed by atoms with Gasteiger partial charge in [-0.1, -0.05) is 0 Å². The molecule has 33 heavy (non-hydrogen) atoms. The van der Waals surface area contributed by atoms with E-state index in [2.05, 4.69) is 10.6 Å². The van der Waals surface area contributed by atoms with E-state index in [1.807, 2.05) is 0 Å².